The van der Waals surface area contributed by atoms with Gasteiger partial charge in [0.25, 0.3) is 0 Å². The van der Waals surface area contributed by atoms with Gasteiger partial charge >= 0.3 is 0 Å². The second kappa shape index (κ2) is 5.80. The van der Waals surface area contributed by atoms with Crippen LogP contribution in [0, 0.1) is 20.3 Å². The zero-order valence-corrected chi connectivity index (χ0v) is 17.2. The minimum atomic E-state index is 0.237. The van der Waals surface area contributed by atoms with Crippen LogP contribution in [0.5, 0.6) is 0 Å². The van der Waals surface area contributed by atoms with E-state index in [1.165, 1.54) is 22.1 Å². The van der Waals surface area contributed by atoms with Gasteiger partial charge in [-0.25, -0.2) is 4.98 Å². The van der Waals surface area contributed by atoms with Crippen LogP contribution < -0.4 is 5.43 Å². The highest BCUT2D eigenvalue weighted by Gasteiger charge is 2.59. The molecule has 2 atom stereocenters. The van der Waals surface area contributed by atoms with Gasteiger partial charge in [-0.1, -0.05) is 32.9 Å². The van der Waals surface area contributed by atoms with Gasteiger partial charge in [-0.2, -0.15) is 5.10 Å². The summed E-state index contributed by atoms with van der Waals surface area (Å²) in [6.07, 6.45) is 3.74. The number of halogens is 1. The second-order valence-corrected chi connectivity index (χ2v) is 9.81. The lowest BCUT2D eigenvalue weighted by atomic mass is 9.70. The molecule has 2 fully saturated rings. The molecule has 2 saturated carbocycles. The highest BCUT2D eigenvalue weighted by atomic mass is 127. The molecule has 2 aliphatic carbocycles. The van der Waals surface area contributed by atoms with Crippen LogP contribution >= 0.6 is 33.9 Å². The number of thiazole rings is 1. The SMILES string of the molecule is CC1(C)[C@H]2CC[C@@]1(C)/C(=N\Nc1nc(-c3ccc(I)cc3)cs1)C2. The lowest BCUT2D eigenvalue weighted by Gasteiger charge is -2.34. The molecule has 2 aliphatic rings. The van der Waals surface area contributed by atoms with E-state index >= 15 is 0 Å². The van der Waals surface area contributed by atoms with Gasteiger partial charge < -0.3 is 0 Å². The summed E-state index contributed by atoms with van der Waals surface area (Å²) in [5.74, 6) is 0.779. The Hall–Kier alpha value is -0.950. The molecule has 0 radical (unpaired) electrons. The van der Waals surface area contributed by atoms with Gasteiger partial charge in [-0.05, 0) is 65.3 Å². The minimum Gasteiger partial charge on any atom is -0.253 e. The Kier molecular flexibility index (Phi) is 3.99. The van der Waals surface area contributed by atoms with E-state index in [1.807, 2.05) is 0 Å². The fourth-order valence-electron chi connectivity index (χ4n) is 4.29. The molecule has 126 valence electrons. The van der Waals surface area contributed by atoms with E-state index in [4.69, 9.17) is 10.1 Å². The molecule has 1 aromatic carbocycles. The fourth-order valence-corrected chi connectivity index (χ4v) is 5.31. The summed E-state index contributed by atoms with van der Waals surface area (Å²) in [7, 11) is 0. The summed E-state index contributed by atoms with van der Waals surface area (Å²) in [5, 5.41) is 7.75. The third-order valence-electron chi connectivity index (χ3n) is 6.44. The zero-order valence-electron chi connectivity index (χ0n) is 14.3. The Labute approximate surface area is 161 Å². The molecule has 1 N–H and O–H groups in total. The van der Waals surface area contributed by atoms with Crippen molar-refractivity contribution < 1.29 is 0 Å². The first-order chi connectivity index (χ1) is 11.4. The van der Waals surface area contributed by atoms with Gasteiger partial charge in [0.05, 0.1) is 5.69 Å². The Balaban J connectivity index is 1.52. The lowest BCUT2D eigenvalue weighted by Crippen LogP contribution is -2.32. The quantitative estimate of drug-likeness (QED) is 0.457. The number of anilines is 1. The zero-order chi connectivity index (χ0) is 16.9. The van der Waals surface area contributed by atoms with Crippen LogP contribution in [-0.2, 0) is 0 Å². The smallest absolute Gasteiger partial charge is 0.203 e. The van der Waals surface area contributed by atoms with Gasteiger partial charge in [0, 0.05) is 25.6 Å². The summed E-state index contributed by atoms with van der Waals surface area (Å²) >= 11 is 3.94. The molecule has 3 nitrogen and oxygen atoms in total. The molecule has 4 rings (SSSR count). The van der Waals surface area contributed by atoms with Crippen molar-refractivity contribution in [3.63, 3.8) is 0 Å². The van der Waals surface area contributed by atoms with Crippen LogP contribution in [0.4, 0.5) is 5.13 Å². The topological polar surface area (TPSA) is 37.3 Å². The van der Waals surface area contributed by atoms with Gasteiger partial charge in [-0.15, -0.1) is 11.3 Å². The van der Waals surface area contributed by atoms with Crippen molar-refractivity contribution in [2.24, 2.45) is 21.8 Å². The van der Waals surface area contributed by atoms with Crippen LogP contribution in [0.3, 0.4) is 0 Å². The molecule has 2 aromatic rings. The largest absolute Gasteiger partial charge is 0.253 e. The standard InChI is InChI=1S/C19H22IN3S/c1-18(2)13-8-9-19(18,3)16(10-13)22-23-17-21-15(11-24-17)12-4-6-14(20)7-5-12/h4-7,11,13H,8-10H2,1-3H3,(H,21,23)/b22-16-/t13-,19-/m0/s1. The van der Waals surface area contributed by atoms with E-state index in [1.54, 1.807) is 11.3 Å². The summed E-state index contributed by atoms with van der Waals surface area (Å²) in [4.78, 5) is 4.69. The van der Waals surface area contributed by atoms with E-state index in [2.05, 4.69) is 78.4 Å². The van der Waals surface area contributed by atoms with Crippen molar-refractivity contribution in [2.45, 2.75) is 40.0 Å². The normalized spacial score (nSPS) is 29.3. The van der Waals surface area contributed by atoms with Gasteiger partial charge in [0.2, 0.25) is 5.13 Å². The predicted molar refractivity (Wildman–Crippen MR) is 111 cm³/mol. The molecule has 24 heavy (non-hydrogen) atoms. The van der Waals surface area contributed by atoms with E-state index in [9.17, 15) is 0 Å². The van der Waals surface area contributed by atoms with Crippen molar-refractivity contribution in [2.75, 3.05) is 5.43 Å². The van der Waals surface area contributed by atoms with E-state index in [-0.39, 0.29) is 5.41 Å². The van der Waals surface area contributed by atoms with Crippen LogP contribution in [-0.4, -0.2) is 10.7 Å². The number of rotatable bonds is 3. The summed E-state index contributed by atoms with van der Waals surface area (Å²) in [6.45, 7) is 7.20. The third kappa shape index (κ3) is 2.51. The summed E-state index contributed by atoms with van der Waals surface area (Å²) in [5.41, 5.74) is 7.32. The van der Waals surface area contributed by atoms with E-state index in [0.717, 1.165) is 28.7 Å². The molecule has 0 aliphatic heterocycles. The number of hydrogen-bond acceptors (Lipinski definition) is 4. The molecule has 0 saturated heterocycles. The summed E-state index contributed by atoms with van der Waals surface area (Å²) in [6, 6.07) is 8.46. The van der Waals surface area contributed by atoms with Crippen molar-refractivity contribution in [3.05, 3.63) is 33.2 Å². The lowest BCUT2D eigenvalue weighted by molar-refractivity contribution is 0.194. The number of aromatic nitrogens is 1. The van der Waals surface area contributed by atoms with Crippen molar-refractivity contribution in [1.29, 1.82) is 0 Å². The highest BCUT2D eigenvalue weighted by molar-refractivity contribution is 14.1. The average Bonchev–Trinajstić information content (AvgIpc) is 3.16. The van der Waals surface area contributed by atoms with E-state index in [0.29, 0.717) is 5.41 Å². The molecule has 2 bridgehead atoms. The summed E-state index contributed by atoms with van der Waals surface area (Å²) < 4.78 is 1.24. The first kappa shape index (κ1) is 16.5. The first-order valence-corrected chi connectivity index (χ1v) is 10.4. The van der Waals surface area contributed by atoms with Crippen molar-refractivity contribution >= 4 is 44.8 Å². The van der Waals surface area contributed by atoms with Crippen LogP contribution in [0.15, 0.2) is 34.7 Å². The second-order valence-electron chi connectivity index (χ2n) is 7.71. The maximum Gasteiger partial charge on any atom is 0.203 e. The van der Waals surface area contributed by atoms with Gasteiger partial charge in [-0.3, -0.25) is 5.43 Å². The Morgan fingerprint density at radius 1 is 1.25 bits per heavy atom. The average molecular weight is 451 g/mol. The number of nitrogens with zero attached hydrogens (tertiary/aromatic N) is 2. The number of hydrogen-bond donors (Lipinski definition) is 1. The van der Waals surface area contributed by atoms with Crippen molar-refractivity contribution in [1.82, 2.24) is 4.98 Å². The predicted octanol–water partition coefficient (Wildman–Crippen LogP) is 6.03. The Morgan fingerprint density at radius 3 is 2.62 bits per heavy atom. The maximum absolute atomic E-state index is 4.78. The first-order valence-electron chi connectivity index (χ1n) is 8.45. The van der Waals surface area contributed by atoms with Gasteiger partial charge in [0.15, 0.2) is 0 Å². The monoisotopic (exact) mass is 451 g/mol. The molecule has 0 amide bonds. The molecule has 1 heterocycles. The highest BCUT2D eigenvalue weighted by Crippen LogP contribution is 2.63. The maximum atomic E-state index is 4.78. The molecular formula is C19H22IN3S. The number of fused-ring (bicyclic) bond motifs is 2. The molecule has 5 heteroatoms. The molecule has 0 unspecified atom stereocenters. The van der Waals surface area contributed by atoms with Crippen LogP contribution in [0.2, 0.25) is 0 Å². The molecular weight excluding hydrogens is 429 g/mol. The molecule has 0 spiro atoms. The van der Waals surface area contributed by atoms with Crippen LogP contribution in [0.1, 0.15) is 40.0 Å². The number of benzene rings is 1. The number of nitrogens with one attached hydrogen (secondary N) is 1. The molecule has 1 aromatic heterocycles. The van der Waals surface area contributed by atoms with E-state index < -0.39 is 0 Å². The van der Waals surface area contributed by atoms with Gasteiger partial charge in [0.1, 0.15) is 0 Å². The van der Waals surface area contributed by atoms with Crippen LogP contribution in [0.25, 0.3) is 11.3 Å². The minimum absolute atomic E-state index is 0.237. The Morgan fingerprint density at radius 2 is 2.00 bits per heavy atom. The van der Waals surface area contributed by atoms with Crippen molar-refractivity contribution in [3.8, 4) is 11.3 Å². The number of hydrazone groups is 1. The third-order valence-corrected chi connectivity index (χ3v) is 7.91. The Bertz CT molecular complexity index is 793. The fraction of sp³-hybridized carbons (Fsp3) is 0.474.